The zero-order valence-corrected chi connectivity index (χ0v) is 33.4. The predicted molar refractivity (Wildman–Crippen MR) is 221 cm³/mol. The third kappa shape index (κ3) is 9.21. The molecule has 0 aliphatic carbocycles. The van der Waals surface area contributed by atoms with Crippen LogP contribution < -0.4 is 16.0 Å². The van der Waals surface area contributed by atoms with E-state index in [9.17, 15) is 9.59 Å². The van der Waals surface area contributed by atoms with Crippen molar-refractivity contribution in [1.29, 1.82) is 0 Å². The van der Waals surface area contributed by atoms with Gasteiger partial charge in [-0.3, -0.25) is 14.5 Å². The van der Waals surface area contributed by atoms with Crippen molar-refractivity contribution in [2.45, 2.75) is 72.3 Å². The fraction of sp³-hybridized carbons (Fsp3) is 0.419. The molecule has 2 amide bonds. The third-order valence-corrected chi connectivity index (χ3v) is 11.2. The van der Waals surface area contributed by atoms with Gasteiger partial charge >= 0.3 is 0 Å². The van der Waals surface area contributed by atoms with Crippen LogP contribution in [0.1, 0.15) is 77.0 Å². The van der Waals surface area contributed by atoms with Gasteiger partial charge in [-0.2, -0.15) is 5.10 Å². The molecule has 2 aromatic carbocycles. The number of carbonyl (C=O) groups is 2. The molecule has 0 saturated carbocycles. The second kappa shape index (κ2) is 18.4. The molecule has 0 radical (unpaired) electrons. The summed E-state index contributed by atoms with van der Waals surface area (Å²) in [4.78, 5) is 41.3. The molecule has 5 heterocycles. The number of nitrogens with zero attached hydrogens (tertiary/aromatic N) is 6. The van der Waals surface area contributed by atoms with E-state index in [4.69, 9.17) is 21.3 Å². The number of ether oxygens (including phenoxy) is 1. The monoisotopic (exact) mass is 777 g/mol. The fourth-order valence-electron chi connectivity index (χ4n) is 7.58. The number of aryl methyl sites for hydroxylation is 2. The molecule has 3 N–H and O–H groups in total. The molecule has 0 atom stereocenters. The highest BCUT2D eigenvalue weighted by Crippen LogP contribution is 2.32. The highest BCUT2D eigenvalue weighted by molar-refractivity contribution is 6.33. The maximum absolute atomic E-state index is 13.6. The van der Waals surface area contributed by atoms with E-state index < -0.39 is 0 Å². The van der Waals surface area contributed by atoms with Gasteiger partial charge in [-0.25, -0.2) is 14.6 Å². The maximum atomic E-state index is 13.6. The number of benzene rings is 2. The summed E-state index contributed by atoms with van der Waals surface area (Å²) in [5.41, 5.74) is 8.00. The molecule has 3 aromatic heterocycles. The molecule has 2 aliphatic rings. The number of aromatic nitrogens is 4. The summed E-state index contributed by atoms with van der Waals surface area (Å²) in [6, 6.07) is 19.5. The van der Waals surface area contributed by atoms with Crippen molar-refractivity contribution in [1.82, 2.24) is 40.2 Å². The van der Waals surface area contributed by atoms with Gasteiger partial charge in [-0.15, -0.1) is 0 Å². The molecule has 2 saturated heterocycles. The SMILES string of the molecule is CCc1nc2c(cnn2CC)c(NC2CCOCC2)c1CNC(=O)c1cccc(C(=O)NCc2ccc(Cl)c(-c3cccc(CN4CCN(CC)CC4)c3)c2)n1. The first kappa shape index (κ1) is 39.4. The fourth-order valence-corrected chi connectivity index (χ4v) is 7.81. The first-order chi connectivity index (χ1) is 27.3. The summed E-state index contributed by atoms with van der Waals surface area (Å²) >= 11 is 6.71. The Balaban J connectivity index is 1.01. The minimum absolute atomic E-state index is 0.156. The zero-order chi connectivity index (χ0) is 39.0. The topological polar surface area (TPSA) is 130 Å². The van der Waals surface area contributed by atoms with Gasteiger partial charge in [0.1, 0.15) is 11.4 Å². The molecule has 56 heavy (non-hydrogen) atoms. The van der Waals surface area contributed by atoms with Gasteiger partial charge in [0, 0.05) is 93.5 Å². The Kier molecular flexibility index (Phi) is 12.9. The largest absolute Gasteiger partial charge is 0.381 e. The number of rotatable bonds is 14. The molecule has 294 valence electrons. The number of hydrogen-bond acceptors (Lipinski definition) is 9. The van der Waals surface area contributed by atoms with E-state index in [1.54, 1.807) is 18.2 Å². The van der Waals surface area contributed by atoms with Gasteiger partial charge in [-0.1, -0.05) is 55.8 Å². The summed E-state index contributed by atoms with van der Waals surface area (Å²) in [5.74, 6) is -0.754. The van der Waals surface area contributed by atoms with Crippen molar-refractivity contribution >= 4 is 40.1 Å². The number of pyridine rings is 2. The predicted octanol–water partition coefficient (Wildman–Crippen LogP) is 6.32. The van der Waals surface area contributed by atoms with Crippen molar-refractivity contribution in [3.63, 3.8) is 0 Å². The molecular weight excluding hydrogens is 726 g/mol. The van der Waals surface area contributed by atoms with Crippen LogP contribution in [0.3, 0.4) is 0 Å². The van der Waals surface area contributed by atoms with Crippen LogP contribution in [0.5, 0.6) is 0 Å². The maximum Gasteiger partial charge on any atom is 0.270 e. The van der Waals surface area contributed by atoms with Crippen LogP contribution in [0.4, 0.5) is 5.69 Å². The average Bonchev–Trinajstić information content (AvgIpc) is 3.66. The number of carbonyl (C=O) groups excluding carboxylic acids is 2. The summed E-state index contributed by atoms with van der Waals surface area (Å²) in [6.07, 6.45) is 4.32. The average molecular weight is 778 g/mol. The number of hydrogen-bond donors (Lipinski definition) is 3. The van der Waals surface area contributed by atoms with E-state index in [1.165, 1.54) is 5.56 Å². The lowest BCUT2D eigenvalue weighted by molar-refractivity contribution is 0.0904. The van der Waals surface area contributed by atoms with Crippen LogP contribution in [-0.2, 0) is 37.3 Å². The van der Waals surface area contributed by atoms with Gasteiger partial charge in [0.2, 0.25) is 0 Å². The second-order valence-electron chi connectivity index (χ2n) is 14.5. The number of piperazine rings is 1. The van der Waals surface area contributed by atoms with E-state index in [2.05, 4.69) is 73.9 Å². The molecular formula is C43H52ClN9O3. The normalized spacial score (nSPS) is 15.6. The highest BCUT2D eigenvalue weighted by Gasteiger charge is 2.23. The summed E-state index contributed by atoms with van der Waals surface area (Å²) in [7, 11) is 0. The smallest absolute Gasteiger partial charge is 0.270 e. The number of amides is 2. The molecule has 7 rings (SSSR count). The minimum atomic E-state index is -0.379. The molecule has 12 nitrogen and oxygen atoms in total. The van der Waals surface area contributed by atoms with Crippen molar-refractivity contribution < 1.29 is 14.3 Å². The highest BCUT2D eigenvalue weighted by atomic mass is 35.5. The number of halogens is 1. The standard InChI is InChI=1S/C43H52ClN9O3/c1-4-37-34(40(48-32-15-21-56-22-16-32)35-27-47-53(6-3)41(35)50-37)26-46-43(55)39-12-8-11-38(49-39)42(54)45-25-29-13-14-36(44)33(24-29)31-10-7-9-30(23-31)28-52-19-17-51(5-2)18-20-52/h7-14,23-24,27,32H,4-6,15-22,25-26,28H2,1-3H3,(H,45,54)(H,46,55)(H,48,50). The van der Waals surface area contributed by atoms with Crippen LogP contribution >= 0.6 is 11.6 Å². The van der Waals surface area contributed by atoms with Crippen LogP contribution in [0.15, 0.2) is 66.9 Å². The summed E-state index contributed by atoms with van der Waals surface area (Å²) in [5, 5.41) is 15.9. The van der Waals surface area contributed by atoms with Gasteiger partial charge in [-0.05, 0) is 79.8 Å². The number of likely N-dealkylation sites (N-methyl/N-ethyl adjacent to an activating group) is 1. The molecule has 0 spiro atoms. The number of nitrogens with one attached hydrogen (secondary N) is 3. The molecule has 5 aromatic rings. The van der Waals surface area contributed by atoms with E-state index >= 15 is 0 Å². The second-order valence-corrected chi connectivity index (χ2v) is 14.9. The molecule has 0 bridgehead atoms. The Bertz CT molecular complexity index is 2160. The zero-order valence-electron chi connectivity index (χ0n) is 32.6. The molecule has 13 heteroatoms. The van der Waals surface area contributed by atoms with Crippen molar-refractivity contribution in [3.8, 4) is 11.1 Å². The molecule has 2 aliphatic heterocycles. The Morgan fingerprint density at radius 1 is 0.821 bits per heavy atom. The van der Waals surface area contributed by atoms with Gasteiger partial charge in [0.15, 0.2) is 5.65 Å². The molecule has 0 unspecified atom stereocenters. The number of fused-ring (bicyclic) bond motifs is 1. The van der Waals surface area contributed by atoms with Crippen molar-refractivity contribution in [2.24, 2.45) is 0 Å². The van der Waals surface area contributed by atoms with E-state index in [0.29, 0.717) is 31.2 Å². The minimum Gasteiger partial charge on any atom is -0.381 e. The first-order valence-electron chi connectivity index (χ1n) is 19.9. The Labute approximate surface area is 334 Å². The van der Waals surface area contributed by atoms with Crippen molar-refractivity contribution in [3.05, 3.63) is 106 Å². The van der Waals surface area contributed by atoms with Crippen LogP contribution in [-0.4, -0.2) is 93.3 Å². The Hall–Kier alpha value is -4.88. The lowest BCUT2D eigenvalue weighted by atomic mass is 10.0. The van der Waals surface area contributed by atoms with Crippen LogP contribution in [0.2, 0.25) is 5.02 Å². The van der Waals surface area contributed by atoms with E-state index in [0.717, 1.165) is 96.8 Å². The van der Waals surface area contributed by atoms with E-state index in [-0.39, 0.29) is 42.3 Å². The van der Waals surface area contributed by atoms with Gasteiger partial charge in [0.25, 0.3) is 11.8 Å². The first-order valence-corrected chi connectivity index (χ1v) is 20.3. The van der Waals surface area contributed by atoms with Gasteiger partial charge in [0.05, 0.1) is 17.3 Å². The van der Waals surface area contributed by atoms with E-state index in [1.807, 2.05) is 36.0 Å². The van der Waals surface area contributed by atoms with Crippen LogP contribution in [0.25, 0.3) is 22.2 Å². The lowest BCUT2D eigenvalue weighted by Crippen LogP contribution is -2.45. The number of anilines is 1. The molecule has 2 fully saturated rings. The quantitative estimate of drug-likeness (QED) is 0.119. The Morgan fingerprint density at radius 2 is 1.54 bits per heavy atom. The summed E-state index contributed by atoms with van der Waals surface area (Å²) in [6.45, 7) is 15.3. The van der Waals surface area contributed by atoms with Crippen molar-refractivity contribution in [2.75, 3.05) is 51.3 Å². The lowest BCUT2D eigenvalue weighted by Gasteiger charge is -2.34. The van der Waals surface area contributed by atoms with Gasteiger partial charge < -0.3 is 25.6 Å². The third-order valence-electron chi connectivity index (χ3n) is 10.9. The van der Waals surface area contributed by atoms with Crippen LogP contribution in [0, 0.1) is 0 Å². The Morgan fingerprint density at radius 3 is 2.25 bits per heavy atom. The summed E-state index contributed by atoms with van der Waals surface area (Å²) < 4.78 is 7.50.